The molecular formula is C13H15BrFN3. The van der Waals surface area contributed by atoms with E-state index in [0.717, 1.165) is 24.3 Å². The molecule has 1 aromatic heterocycles. The van der Waals surface area contributed by atoms with Gasteiger partial charge < -0.3 is 5.32 Å². The second kappa shape index (κ2) is 6.11. The standard InChI is InChI=1S/C13H15BrFN3/c1-2-16-8-11-5-6-18(17-11)9-10-3-4-13(15)12(14)7-10/h3-7,16H,2,8-9H2,1H3. The van der Waals surface area contributed by atoms with Crippen molar-refractivity contribution in [3.63, 3.8) is 0 Å². The van der Waals surface area contributed by atoms with Crippen molar-refractivity contribution < 1.29 is 4.39 Å². The Balaban J connectivity index is 2.04. The van der Waals surface area contributed by atoms with Gasteiger partial charge >= 0.3 is 0 Å². The molecule has 3 nitrogen and oxygen atoms in total. The first-order valence-electron chi connectivity index (χ1n) is 5.86. The van der Waals surface area contributed by atoms with Gasteiger partial charge in [0.25, 0.3) is 0 Å². The lowest BCUT2D eigenvalue weighted by molar-refractivity contribution is 0.615. The third-order valence-electron chi connectivity index (χ3n) is 2.58. The van der Waals surface area contributed by atoms with Crippen LogP contribution >= 0.6 is 15.9 Å². The SMILES string of the molecule is CCNCc1ccn(Cc2ccc(F)c(Br)c2)n1. The molecule has 0 bridgehead atoms. The van der Waals surface area contributed by atoms with Crippen LogP contribution in [-0.4, -0.2) is 16.3 Å². The average molecular weight is 312 g/mol. The number of aromatic nitrogens is 2. The Morgan fingerprint density at radius 1 is 1.39 bits per heavy atom. The molecule has 1 N–H and O–H groups in total. The van der Waals surface area contributed by atoms with Crippen molar-refractivity contribution in [1.29, 1.82) is 0 Å². The summed E-state index contributed by atoms with van der Waals surface area (Å²) in [7, 11) is 0. The van der Waals surface area contributed by atoms with E-state index in [0.29, 0.717) is 11.0 Å². The number of rotatable bonds is 5. The molecule has 0 aliphatic heterocycles. The Morgan fingerprint density at radius 2 is 2.22 bits per heavy atom. The van der Waals surface area contributed by atoms with Crippen LogP contribution < -0.4 is 5.32 Å². The highest BCUT2D eigenvalue weighted by molar-refractivity contribution is 9.10. The molecule has 96 valence electrons. The summed E-state index contributed by atoms with van der Waals surface area (Å²) in [6.07, 6.45) is 1.93. The molecule has 2 aromatic rings. The summed E-state index contributed by atoms with van der Waals surface area (Å²) in [6, 6.07) is 7.00. The molecule has 1 aromatic carbocycles. The predicted molar refractivity (Wildman–Crippen MR) is 72.8 cm³/mol. The molecule has 0 saturated carbocycles. The lowest BCUT2D eigenvalue weighted by atomic mass is 10.2. The minimum atomic E-state index is -0.243. The third kappa shape index (κ3) is 3.40. The van der Waals surface area contributed by atoms with E-state index in [-0.39, 0.29) is 5.82 Å². The molecule has 0 unspecified atom stereocenters. The van der Waals surface area contributed by atoms with E-state index in [1.54, 1.807) is 12.1 Å². The molecule has 0 saturated heterocycles. The van der Waals surface area contributed by atoms with Crippen LogP contribution in [0.3, 0.4) is 0 Å². The average Bonchev–Trinajstić information content (AvgIpc) is 2.79. The van der Waals surface area contributed by atoms with Gasteiger partial charge in [0, 0.05) is 12.7 Å². The lowest BCUT2D eigenvalue weighted by Gasteiger charge is -2.03. The van der Waals surface area contributed by atoms with Crippen LogP contribution in [0.15, 0.2) is 34.9 Å². The van der Waals surface area contributed by atoms with Gasteiger partial charge in [0.05, 0.1) is 16.7 Å². The van der Waals surface area contributed by atoms with Crippen LogP contribution in [0.1, 0.15) is 18.2 Å². The summed E-state index contributed by atoms with van der Waals surface area (Å²) >= 11 is 3.18. The van der Waals surface area contributed by atoms with Gasteiger partial charge in [-0.05, 0) is 46.2 Å². The predicted octanol–water partition coefficient (Wildman–Crippen LogP) is 2.94. The van der Waals surface area contributed by atoms with Crippen molar-refractivity contribution in [3.8, 4) is 0 Å². The number of hydrogen-bond donors (Lipinski definition) is 1. The Labute approximate surface area is 114 Å². The van der Waals surface area contributed by atoms with Gasteiger partial charge in [0.15, 0.2) is 0 Å². The molecule has 0 atom stereocenters. The van der Waals surface area contributed by atoms with Crippen molar-refractivity contribution in [3.05, 3.63) is 52.0 Å². The minimum Gasteiger partial charge on any atom is -0.311 e. The van der Waals surface area contributed by atoms with Crippen LogP contribution in [0.25, 0.3) is 0 Å². The minimum absolute atomic E-state index is 0.243. The molecule has 1 heterocycles. The van der Waals surface area contributed by atoms with E-state index in [9.17, 15) is 4.39 Å². The van der Waals surface area contributed by atoms with E-state index in [4.69, 9.17) is 0 Å². The Kier molecular flexibility index (Phi) is 4.49. The van der Waals surface area contributed by atoms with Crippen molar-refractivity contribution >= 4 is 15.9 Å². The normalized spacial score (nSPS) is 10.8. The van der Waals surface area contributed by atoms with Gasteiger partial charge in [-0.25, -0.2) is 4.39 Å². The zero-order valence-corrected chi connectivity index (χ0v) is 11.7. The lowest BCUT2D eigenvalue weighted by Crippen LogP contribution is -2.12. The zero-order chi connectivity index (χ0) is 13.0. The number of halogens is 2. The molecule has 0 amide bonds. The van der Waals surface area contributed by atoms with E-state index in [1.807, 2.05) is 16.9 Å². The van der Waals surface area contributed by atoms with Crippen LogP contribution in [0, 0.1) is 5.82 Å². The molecule has 0 radical (unpaired) electrons. The molecular weight excluding hydrogens is 297 g/mol. The highest BCUT2D eigenvalue weighted by Crippen LogP contribution is 2.17. The van der Waals surface area contributed by atoms with Gasteiger partial charge in [-0.15, -0.1) is 0 Å². The van der Waals surface area contributed by atoms with Crippen LogP contribution in [-0.2, 0) is 13.1 Å². The smallest absolute Gasteiger partial charge is 0.137 e. The number of nitrogens with one attached hydrogen (secondary N) is 1. The summed E-state index contributed by atoms with van der Waals surface area (Å²) in [5.41, 5.74) is 2.03. The van der Waals surface area contributed by atoms with E-state index in [1.165, 1.54) is 6.07 Å². The molecule has 0 spiro atoms. The van der Waals surface area contributed by atoms with Gasteiger partial charge in [0.2, 0.25) is 0 Å². The first kappa shape index (κ1) is 13.2. The van der Waals surface area contributed by atoms with Gasteiger partial charge in [-0.2, -0.15) is 5.10 Å². The van der Waals surface area contributed by atoms with E-state index < -0.39 is 0 Å². The maximum absolute atomic E-state index is 13.1. The van der Waals surface area contributed by atoms with Crippen molar-refractivity contribution in [1.82, 2.24) is 15.1 Å². The highest BCUT2D eigenvalue weighted by atomic mass is 79.9. The Morgan fingerprint density at radius 3 is 2.94 bits per heavy atom. The largest absolute Gasteiger partial charge is 0.311 e. The zero-order valence-electron chi connectivity index (χ0n) is 10.2. The first-order valence-corrected chi connectivity index (χ1v) is 6.65. The van der Waals surface area contributed by atoms with Crippen molar-refractivity contribution in [2.24, 2.45) is 0 Å². The monoisotopic (exact) mass is 311 g/mol. The fourth-order valence-corrected chi connectivity index (χ4v) is 2.09. The maximum Gasteiger partial charge on any atom is 0.137 e. The Hall–Kier alpha value is -1.20. The molecule has 0 aliphatic rings. The van der Waals surface area contributed by atoms with Gasteiger partial charge in [0.1, 0.15) is 5.82 Å². The summed E-state index contributed by atoms with van der Waals surface area (Å²) in [6.45, 7) is 4.41. The van der Waals surface area contributed by atoms with Crippen LogP contribution in [0.5, 0.6) is 0 Å². The van der Waals surface area contributed by atoms with Crippen LogP contribution in [0.4, 0.5) is 4.39 Å². The molecule has 2 rings (SSSR count). The Bertz CT molecular complexity index is 525. The molecule has 18 heavy (non-hydrogen) atoms. The maximum atomic E-state index is 13.1. The van der Waals surface area contributed by atoms with Crippen molar-refractivity contribution in [2.45, 2.75) is 20.0 Å². The molecule has 0 aliphatic carbocycles. The highest BCUT2D eigenvalue weighted by Gasteiger charge is 2.03. The quantitative estimate of drug-likeness (QED) is 0.920. The van der Waals surface area contributed by atoms with Crippen molar-refractivity contribution in [2.75, 3.05) is 6.54 Å². The second-order valence-corrected chi connectivity index (χ2v) is 4.89. The van der Waals surface area contributed by atoms with Gasteiger partial charge in [-0.3, -0.25) is 4.68 Å². The first-order chi connectivity index (χ1) is 8.69. The van der Waals surface area contributed by atoms with Gasteiger partial charge in [-0.1, -0.05) is 13.0 Å². The molecule has 5 heteroatoms. The summed E-state index contributed by atoms with van der Waals surface area (Å²) in [5, 5.41) is 7.67. The second-order valence-electron chi connectivity index (χ2n) is 4.03. The summed E-state index contributed by atoms with van der Waals surface area (Å²) in [5.74, 6) is -0.243. The fourth-order valence-electron chi connectivity index (χ4n) is 1.66. The van der Waals surface area contributed by atoms with Crippen LogP contribution in [0.2, 0.25) is 0 Å². The third-order valence-corrected chi connectivity index (χ3v) is 3.19. The number of hydrogen-bond acceptors (Lipinski definition) is 2. The number of nitrogens with zero attached hydrogens (tertiary/aromatic N) is 2. The van der Waals surface area contributed by atoms with E-state index in [2.05, 4.69) is 33.3 Å². The summed E-state index contributed by atoms with van der Waals surface area (Å²) < 4.78 is 15.4. The topological polar surface area (TPSA) is 29.9 Å². The number of benzene rings is 1. The summed E-state index contributed by atoms with van der Waals surface area (Å²) in [4.78, 5) is 0. The molecule has 0 fully saturated rings. The van der Waals surface area contributed by atoms with E-state index >= 15 is 0 Å². The fraction of sp³-hybridized carbons (Fsp3) is 0.308.